The smallest absolute Gasteiger partial charge is 0.329 e. The van der Waals surface area contributed by atoms with Crippen molar-refractivity contribution < 1.29 is 23.9 Å². The predicted octanol–water partition coefficient (Wildman–Crippen LogP) is 3.85. The number of rotatable bonds is 6. The third kappa shape index (κ3) is 5.31. The molecule has 2 aromatic rings. The number of nitrogens with zero attached hydrogens (tertiary/aromatic N) is 1. The van der Waals surface area contributed by atoms with Crippen LogP contribution in [0.1, 0.15) is 16.7 Å². The molecule has 3 rings (SSSR count). The molecule has 3 amide bonds. The minimum atomic E-state index is -0.668. The minimum absolute atomic E-state index is 0.101. The van der Waals surface area contributed by atoms with Gasteiger partial charge in [-0.1, -0.05) is 29.8 Å². The molecule has 1 heterocycles. The number of amides is 3. The van der Waals surface area contributed by atoms with Gasteiger partial charge in [-0.25, -0.2) is 9.69 Å². The fourth-order valence-electron chi connectivity index (χ4n) is 2.72. The van der Waals surface area contributed by atoms with Crippen molar-refractivity contribution in [3.8, 4) is 5.75 Å². The molecule has 0 unspecified atom stereocenters. The van der Waals surface area contributed by atoms with Gasteiger partial charge in [0.2, 0.25) is 0 Å². The van der Waals surface area contributed by atoms with E-state index in [9.17, 15) is 14.4 Å². The van der Waals surface area contributed by atoms with E-state index in [4.69, 9.17) is 4.74 Å². The van der Waals surface area contributed by atoms with Crippen LogP contribution < -0.4 is 10.1 Å². The van der Waals surface area contributed by atoms with Crippen LogP contribution in [0.25, 0.3) is 6.08 Å². The summed E-state index contributed by atoms with van der Waals surface area (Å²) in [5, 5.41) is 2.49. The van der Waals surface area contributed by atoms with Crippen molar-refractivity contribution in [3.63, 3.8) is 0 Å². The quantitative estimate of drug-likeness (QED) is 0.227. The summed E-state index contributed by atoms with van der Waals surface area (Å²) < 4.78 is 12.3. The van der Waals surface area contributed by atoms with Gasteiger partial charge < -0.3 is 14.8 Å². The SMILES string of the molecule is COC(=O)CN1C(=O)N/C(=C/c2cc(I)c(OCc3ccc(C)cc3)c(I)c2)C1=O. The van der Waals surface area contributed by atoms with Crippen LogP contribution in [0.3, 0.4) is 0 Å². The number of imide groups is 1. The highest BCUT2D eigenvalue weighted by atomic mass is 127. The average molecular weight is 632 g/mol. The number of nitrogens with one attached hydrogen (secondary N) is 1. The van der Waals surface area contributed by atoms with Crippen molar-refractivity contribution in [2.24, 2.45) is 0 Å². The Labute approximate surface area is 201 Å². The molecular weight excluding hydrogens is 614 g/mol. The largest absolute Gasteiger partial charge is 0.487 e. The van der Waals surface area contributed by atoms with E-state index in [1.807, 2.05) is 43.3 Å². The molecule has 1 saturated heterocycles. The predicted molar refractivity (Wildman–Crippen MR) is 128 cm³/mol. The normalized spacial score (nSPS) is 14.8. The lowest BCUT2D eigenvalue weighted by atomic mass is 10.1. The summed E-state index contributed by atoms with van der Waals surface area (Å²) in [5.74, 6) is -0.484. The number of esters is 1. The first-order chi connectivity index (χ1) is 14.3. The van der Waals surface area contributed by atoms with E-state index in [0.717, 1.165) is 28.9 Å². The van der Waals surface area contributed by atoms with Crippen LogP contribution in [0.15, 0.2) is 42.1 Å². The first-order valence-electron chi connectivity index (χ1n) is 8.87. The highest BCUT2D eigenvalue weighted by molar-refractivity contribution is 14.1. The number of hydrogen-bond donors (Lipinski definition) is 1. The summed E-state index contributed by atoms with van der Waals surface area (Å²) in [4.78, 5) is 36.6. The van der Waals surface area contributed by atoms with E-state index < -0.39 is 24.5 Å². The number of carbonyl (C=O) groups excluding carboxylic acids is 3. The molecule has 1 fully saturated rings. The Hall–Kier alpha value is -2.15. The molecule has 0 saturated carbocycles. The Kier molecular flexibility index (Phi) is 7.34. The zero-order chi connectivity index (χ0) is 21.8. The van der Waals surface area contributed by atoms with Gasteiger partial charge in [-0.3, -0.25) is 9.59 Å². The molecule has 9 heteroatoms. The van der Waals surface area contributed by atoms with Crippen molar-refractivity contribution in [1.82, 2.24) is 10.2 Å². The number of hydrogen-bond acceptors (Lipinski definition) is 5. The molecule has 1 N–H and O–H groups in total. The minimum Gasteiger partial charge on any atom is -0.487 e. The summed E-state index contributed by atoms with van der Waals surface area (Å²) in [6.07, 6.45) is 1.57. The van der Waals surface area contributed by atoms with Crippen LogP contribution in [0, 0.1) is 14.1 Å². The number of carbonyl (C=O) groups is 3. The zero-order valence-electron chi connectivity index (χ0n) is 16.2. The Morgan fingerprint density at radius 1 is 1.13 bits per heavy atom. The summed E-state index contributed by atoms with van der Waals surface area (Å²) in [7, 11) is 1.20. The number of methoxy groups -OCH3 is 1. The summed E-state index contributed by atoms with van der Waals surface area (Å²) in [5.41, 5.74) is 3.10. The zero-order valence-corrected chi connectivity index (χ0v) is 20.5. The standard InChI is InChI=1S/C21H18I2N2O5/c1-12-3-5-13(6-4-12)11-30-19-15(22)7-14(8-16(19)23)9-17-20(27)25(21(28)24-17)10-18(26)29-2/h3-9H,10-11H2,1-2H3,(H,24,28)/b17-9+. The summed E-state index contributed by atoms with van der Waals surface area (Å²) >= 11 is 4.36. The monoisotopic (exact) mass is 632 g/mol. The fourth-order valence-corrected chi connectivity index (χ4v) is 4.84. The molecule has 1 aliphatic heterocycles. The Bertz CT molecular complexity index is 1010. The molecule has 0 aromatic heterocycles. The maximum atomic E-state index is 12.4. The molecule has 7 nitrogen and oxygen atoms in total. The van der Waals surface area contributed by atoms with E-state index in [-0.39, 0.29) is 5.70 Å². The van der Waals surface area contributed by atoms with Gasteiger partial charge >= 0.3 is 12.0 Å². The van der Waals surface area contributed by atoms with Crippen molar-refractivity contribution in [1.29, 1.82) is 0 Å². The van der Waals surface area contributed by atoms with Crippen molar-refractivity contribution in [2.75, 3.05) is 13.7 Å². The number of ether oxygens (including phenoxy) is 2. The van der Waals surface area contributed by atoms with E-state index in [1.54, 1.807) is 6.08 Å². The number of benzene rings is 2. The van der Waals surface area contributed by atoms with Crippen LogP contribution >= 0.6 is 45.2 Å². The van der Waals surface area contributed by atoms with Crippen LogP contribution in [0.2, 0.25) is 0 Å². The summed E-state index contributed by atoms with van der Waals surface area (Å²) in [6, 6.07) is 11.2. The molecular formula is C21H18I2N2O5. The van der Waals surface area contributed by atoms with E-state index in [0.29, 0.717) is 6.61 Å². The van der Waals surface area contributed by atoms with Crippen LogP contribution in [-0.4, -0.2) is 36.5 Å². The van der Waals surface area contributed by atoms with Gasteiger partial charge in [-0.2, -0.15) is 0 Å². The second kappa shape index (κ2) is 9.77. The van der Waals surface area contributed by atoms with Crippen molar-refractivity contribution >= 4 is 69.2 Å². The van der Waals surface area contributed by atoms with Gasteiger partial charge in [0.25, 0.3) is 5.91 Å². The number of halogens is 2. The topological polar surface area (TPSA) is 84.9 Å². The molecule has 0 atom stereocenters. The lowest BCUT2D eigenvalue weighted by molar-refractivity contribution is -0.143. The highest BCUT2D eigenvalue weighted by Crippen LogP contribution is 2.31. The Balaban J connectivity index is 1.76. The highest BCUT2D eigenvalue weighted by Gasteiger charge is 2.35. The Morgan fingerprint density at radius 2 is 1.77 bits per heavy atom. The van der Waals surface area contributed by atoms with Gasteiger partial charge in [0.1, 0.15) is 24.6 Å². The fraction of sp³-hybridized carbons (Fsp3) is 0.190. The van der Waals surface area contributed by atoms with Crippen molar-refractivity contribution in [3.05, 3.63) is 65.9 Å². The van der Waals surface area contributed by atoms with Crippen LogP contribution in [-0.2, 0) is 20.9 Å². The number of aryl methyl sites for hydroxylation is 1. The molecule has 1 aliphatic rings. The molecule has 30 heavy (non-hydrogen) atoms. The molecule has 156 valence electrons. The summed E-state index contributed by atoms with van der Waals surface area (Å²) in [6.45, 7) is 2.05. The third-order valence-electron chi connectivity index (χ3n) is 4.31. The third-order valence-corrected chi connectivity index (χ3v) is 5.92. The van der Waals surface area contributed by atoms with Gasteiger partial charge in [-0.15, -0.1) is 0 Å². The van der Waals surface area contributed by atoms with E-state index >= 15 is 0 Å². The average Bonchev–Trinajstić information content (AvgIpc) is 2.96. The first-order valence-corrected chi connectivity index (χ1v) is 11.0. The molecule has 0 spiro atoms. The van der Waals surface area contributed by atoms with Crippen LogP contribution in [0.4, 0.5) is 4.79 Å². The molecule has 2 aromatic carbocycles. The van der Waals surface area contributed by atoms with Gasteiger partial charge in [0.05, 0.1) is 14.3 Å². The first kappa shape index (κ1) is 22.5. The van der Waals surface area contributed by atoms with E-state index in [1.165, 1.54) is 12.7 Å². The Morgan fingerprint density at radius 3 is 2.37 bits per heavy atom. The number of urea groups is 1. The van der Waals surface area contributed by atoms with Crippen LogP contribution in [0.5, 0.6) is 5.75 Å². The van der Waals surface area contributed by atoms with Gasteiger partial charge in [0, 0.05) is 0 Å². The van der Waals surface area contributed by atoms with Gasteiger partial charge in [-0.05, 0) is 81.4 Å². The second-order valence-electron chi connectivity index (χ2n) is 6.54. The molecule has 0 bridgehead atoms. The molecule has 0 radical (unpaired) electrons. The van der Waals surface area contributed by atoms with E-state index in [2.05, 4.69) is 55.2 Å². The maximum absolute atomic E-state index is 12.4. The van der Waals surface area contributed by atoms with Crippen molar-refractivity contribution in [2.45, 2.75) is 13.5 Å². The van der Waals surface area contributed by atoms with Gasteiger partial charge in [0.15, 0.2) is 0 Å². The lowest BCUT2D eigenvalue weighted by Gasteiger charge is -2.12. The maximum Gasteiger partial charge on any atom is 0.329 e. The second-order valence-corrected chi connectivity index (χ2v) is 8.87. The molecule has 0 aliphatic carbocycles. The lowest BCUT2D eigenvalue weighted by Crippen LogP contribution is -2.36.